The SMILES string of the molecule is Cc1ccc(C(=O)Nc2cc(-c3nnc4n3CCCCC4)ccc2F)cc1NC(=O)c1ccco1. The summed E-state index contributed by atoms with van der Waals surface area (Å²) in [6.07, 6.45) is 5.52. The van der Waals surface area contributed by atoms with Crippen LogP contribution in [-0.4, -0.2) is 26.6 Å². The predicted octanol–water partition coefficient (Wildman–Crippen LogP) is 5.22. The number of fused-ring (bicyclic) bond motifs is 1. The van der Waals surface area contributed by atoms with E-state index in [1.54, 1.807) is 42.5 Å². The number of carbonyl (C=O) groups is 2. The fourth-order valence-corrected chi connectivity index (χ4v) is 4.14. The first-order chi connectivity index (χ1) is 17.0. The highest BCUT2D eigenvalue weighted by atomic mass is 19.1. The zero-order valence-electron chi connectivity index (χ0n) is 19.2. The highest BCUT2D eigenvalue weighted by Crippen LogP contribution is 2.27. The van der Waals surface area contributed by atoms with E-state index in [9.17, 15) is 14.0 Å². The second kappa shape index (κ2) is 9.54. The predicted molar refractivity (Wildman–Crippen MR) is 129 cm³/mol. The molecule has 5 rings (SSSR count). The molecule has 0 spiro atoms. The highest BCUT2D eigenvalue weighted by Gasteiger charge is 2.19. The zero-order chi connectivity index (χ0) is 24.4. The van der Waals surface area contributed by atoms with Crippen molar-refractivity contribution in [2.24, 2.45) is 0 Å². The topological polar surface area (TPSA) is 102 Å². The number of carbonyl (C=O) groups excluding carboxylic acids is 2. The first-order valence-corrected chi connectivity index (χ1v) is 11.5. The molecule has 2 N–H and O–H groups in total. The van der Waals surface area contributed by atoms with Gasteiger partial charge < -0.3 is 19.6 Å². The lowest BCUT2D eigenvalue weighted by Gasteiger charge is -2.12. The minimum atomic E-state index is -0.559. The Labute approximate surface area is 201 Å². The summed E-state index contributed by atoms with van der Waals surface area (Å²) in [6, 6.07) is 12.6. The van der Waals surface area contributed by atoms with Gasteiger partial charge in [0, 0.05) is 29.8 Å². The van der Waals surface area contributed by atoms with Crippen LogP contribution < -0.4 is 10.6 Å². The number of aromatic nitrogens is 3. The molecule has 2 aromatic carbocycles. The maximum atomic E-state index is 14.6. The maximum Gasteiger partial charge on any atom is 0.291 e. The van der Waals surface area contributed by atoms with Gasteiger partial charge >= 0.3 is 0 Å². The lowest BCUT2D eigenvalue weighted by atomic mass is 10.1. The number of rotatable bonds is 5. The molecule has 178 valence electrons. The molecule has 1 aliphatic rings. The molecule has 0 saturated heterocycles. The number of hydrogen-bond donors (Lipinski definition) is 2. The molecule has 9 heteroatoms. The quantitative estimate of drug-likeness (QED) is 0.414. The van der Waals surface area contributed by atoms with Gasteiger partial charge in [0.1, 0.15) is 11.6 Å². The summed E-state index contributed by atoms with van der Waals surface area (Å²) in [5.41, 5.74) is 2.21. The molecule has 0 aliphatic carbocycles. The number of anilines is 2. The van der Waals surface area contributed by atoms with Crippen LogP contribution in [0, 0.1) is 12.7 Å². The van der Waals surface area contributed by atoms with Crippen molar-refractivity contribution < 1.29 is 18.4 Å². The molecule has 0 bridgehead atoms. The van der Waals surface area contributed by atoms with Crippen molar-refractivity contribution >= 4 is 23.2 Å². The fourth-order valence-electron chi connectivity index (χ4n) is 4.14. The smallest absolute Gasteiger partial charge is 0.291 e. The van der Waals surface area contributed by atoms with E-state index in [0.29, 0.717) is 17.1 Å². The lowest BCUT2D eigenvalue weighted by Crippen LogP contribution is -2.16. The van der Waals surface area contributed by atoms with E-state index in [2.05, 4.69) is 25.4 Å². The van der Waals surface area contributed by atoms with Crippen molar-refractivity contribution in [3.63, 3.8) is 0 Å². The number of benzene rings is 2. The molecule has 0 atom stereocenters. The molecule has 0 fully saturated rings. The van der Waals surface area contributed by atoms with Crippen LogP contribution in [0.15, 0.2) is 59.2 Å². The van der Waals surface area contributed by atoms with Crippen LogP contribution in [0.4, 0.5) is 15.8 Å². The third kappa shape index (κ3) is 4.70. The molecule has 0 unspecified atom stereocenters. The van der Waals surface area contributed by atoms with Gasteiger partial charge in [-0.05, 0) is 67.8 Å². The van der Waals surface area contributed by atoms with Crippen LogP contribution in [0.1, 0.15) is 51.6 Å². The number of halogens is 1. The average molecular weight is 474 g/mol. The van der Waals surface area contributed by atoms with Gasteiger partial charge in [-0.25, -0.2) is 4.39 Å². The van der Waals surface area contributed by atoms with Gasteiger partial charge in [-0.3, -0.25) is 9.59 Å². The second-order valence-electron chi connectivity index (χ2n) is 8.51. The summed E-state index contributed by atoms with van der Waals surface area (Å²) in [5.74, 6) is 0.254. The van der Waals surface area contributed by atoms with E-state index in [4.69, 9.17) is 4.42 Å². The molecule has 4 aromatic rings. The molecule has 8 nitrogen and oxygen atoms in total. The van der Waals surface area contributed by atoms with E-state index >= 15 is 0 Å². The van der Waals surface area contributed by atoms with E-state index in [-0.39, 0.29) is 17.0 Å². The zero-order valence-corrected chi connectivity index (χ0v) is 19.2. The first kappa shape index (κ1) is 22.5. The van der Waals surface area contributed by atoms with E-state index in [0.717, 1.165) is 43.6 Å². The van der Waals surface area contributed by atoms with E-state index in [1.807, 2.05) is 6.92 Å². The molecule has 0 radical (unpaired) electrons. The molecule has 1 aliphatic heterocycles. The lowest BCUT2D eigenvalue weighted by molar-refractivity contribution is 0.0993. The van der Waals surface area contributed by atoms with E-state index in [1.165, 1.54) is 12.3 Å². The van der Waals surface area contributed by atoms with Gasteiger partial charge in [0.05, 0.1) is 12.0 Å². The van der Waals surface area contributed by atoms with Crippen molar-refractivity contribution in [2.45, 2.75) is 39.2 Å². The van der Waals surface area contributed by atoms with Crippen molar-refractivity contribution in [3.05, 3.63) is 83.3 Å². The highest BCUT2D eigenvalue weighted by molar-refractivity contribution is 6.07. The summed E-state index contributed by atoms with van der Waals surface area (Å²) >= 11 is 0. The average Bonchev–Trinajstić information content (AvgIpc) is 3.47. The number of aryl methyl sites for hydroxylation is 2. The second-order valence-corrected chi connectivity index (χ2v) is 8.51. The van der Waals surface area contributed by atoms with Crippen LogP contribution in [-0.2, 0) is 13.0 Å². The Morgan fingerprint density at radius 3 is 2.66 bits per heavy atom. The number of hydrogen-bond acceptors (Lipinski definition) is 5. The normalized spacial score (nSPS) is 13.1. The molecule has 0 saturated carbocycles. The minimum Gasteiger partial charge on any atom is -0.459 e. The Hall–Kier alpha value is -4.27. The summed E-state index contributed by atoms with van der Waals surface area (Å²) in [7, 11) is 0. The minimum absolute atomic E-state index is 0.0419. The van der Waals surface area contributed by atoms with Crippen LogP contribution in [0.5, 0.6) is 0 Å². The van der Waals surface area contributed by atoms with Gasteiger partial charge in [0.15, 0.2) is 11.6 Å². The van der Waals surface area contributed by atoms with Crippen molar-refractivity contribution in [2.75, 3.05) is 10.6 Å². The van der Waals surface area contributed by atoms with Crippen molar-refractivity contribution in [1.82, 2.24) is 14.8 Å². The fraction of sp³-hybridized carbons (Fsp3) is 0.231. The molecule has 2 aromatic heterocycles. The third-order valence-electron chi connectivity index (χ3n) is 6.08. The molecule has 2 amide bonds. The molecular weight excluding hydrogens is 449 g/mol. The Morgan fingerprint density at radius 1 is 0.971 bits per heavy atom. The van der Waals surface area contributed by atoms with Gasteiger partial charge in [-0.2, -0.15) is 0 Å². The molecular formula is C26H24FN5O3. The summed E-state index contributed by atoms with van der Waals surface area (Å²) < 4.78 is 21.8. The van der Waals surface area contributed by atoms with Gasteiger partial charge in [-0.1, -0.05) is 12.5 Å². The molecule has 3 heterocycles. The van der Waals surface area contributed by atoms with Gasteiger partial charge in [0.25, 0.3) is 11.8 Å². The van der Waals surface area contributed by atoms with Crippen LogP contribution in [0.2, 0.25) is 0 Å². The summed E-state index contributed by atoms with van der Waals surface area (Å²) in [6.45, 7) is 2.62. The summed E-state index contributed by atoms with van der Waals surface area (Å²) in [5, 5.41) is 14.0. The standard InChI is InChI=1S/C26H24FN5O3/c1-16-8-9-18(15-20(16)28-26(34)22-6-5-13-35-22)25(33)29-21-14-17(10-11-19(21)27)24-31-30-23-7-3-2-4-12-32(23)24/h5-6,8-11,13-15H,2-4,7,12H2,1H3,(H,28,34)(H,29,33). The number of amides is 2. The van der Waals surface area contributed by atoms with Gasteiger partial charge in [0.2, 0.25) is 0 Å². The monoisotopic (exact) mass is 473 g/mol. The van der Waals surface area contributed by atoms with Gasteiger partial charge in [-0.15, -0.1) is 10.2 Å². The Balaban J connectivity index is 1.38. The number of furan rings is 1. The van der Waals surface area contributed by atoms with Crippen LogP contribution in [0.3, 0.4) is 0 Å². The first-order valence-electron chi connectivity index (χ1n) is 11.5. The maximum absolute atomic E-state index is 14.6. The number of nitrogens with one attached hydrogen (secondary N) is 2. The Kier molecular flexibility index (Phi) is 6.13. The van der Waals surface area contributed by atoms with Crippen molar-refractivity contribution in [3.8, 4) is 11.4 Å². The third-order valence-corrected chi connectivity index (χ3v) is 6.08. The molecule has 35 heavy (non-hydrogen) atoms. The van der Waals surface area contributed by atoms with Crippen LogP contribution >= 0.6 is 0 Å². The Bertz CT molecular complexity index is 1390. The summed E-state index contributed by atoms with van der Waals surface area (Å²) in [4.78, 5) is 25.3. The van der Waals surface area contributed by atoms with Crippen LogP contribution in [0.25, 0.3) is 11.4 Å². The largest absolute Gasteiger partial charge is 0.459 e. The van der Waals surface area contributed by atoms with Crippen molar-refractivity contribution in [1.29, 1.82) is 0 Å². The number of nitrogens with zero attached hydrogens (tertiary/aromatic N) is 3. The van der Waals surface area contributed by atoms with E-state index < -0.39 is 17.6 Å². The Morgan fingerprint density at radius 2 is 1.83 bits per heavy atom.